The Morgan fingerprint density at radius 2 is 2.12 bits per heavy atom. The number of ether oxygens (including phenoxy) is 3. The Hall–Kier alpha value is -1.07. The molecule has 5 heteroatoms. The second-order valence-corrected chi connectivity index (χ2v) is 3.66. The molecule has 1 aliphatic heterocycles. The Bertz CT molecular complexity index is 259. The van der Waals surface area contributed by atoms with E-state index < -0.39 is 0 Å². The molecule has 98 valence electrons. The fourth-order valence-electron chi connectivity index (χ4n) is 1.53. The molecule has 1 N–H and O–H groups in total. The highest BCUT2D eigenvalue weighted by Gasteiger charge is 2.14. The maximum Gasteiger partial charge on any atom is 0.332 e. The van der Waals surface area contributed by atoms with Crippen LogP contribution in [0.25, 0.3) is 0 Å². The van der Waals surface area contributed by atoms with Crippen LogP contribution in [0.5, 0.6) is 0 Å². The molecule has 1 fully saturated rings. The number of carbonyl (C=O) groups is 1. The van der Waals surface area contributed by atoms with Crippen molar-refractivity contribution in [2.45, 2.75) is 33.0 Å². The molecule has 0 bridgehead atoms. The zero-order valence-electron chi connectivity index (χ0n) is 10.5. The van der Waals surface area contributed by atoms with Gasteiger partial charge < -0.3 is 19.5 Å². The zero-order valence-corrected chi connectivity index (χ0v) is 10.5. The van der Waals surface area contributed by atoms with Crippen molar-refractivity contribution in [3.05, 3.63) is 11.8 Å². The fraction of sp³-hybridized carbons (Fsp3) is 0.750. The molecular weight excluding hydrogens is 222 g/mol. The van der Waals surface area contributed by atoms with Gasteiger partial charge in [-0.2, -0.15) is 0 Å². The van der Waals surface area contributed by atoms with Crippen molar-refractivity contribution in [3.8, 4) is 0 Å². The van der Waals surface area contributed by atoms with E-state index in [2.05, 4.69) is 5.32 Å². The van der Waals surface area contributed by atoms with Crippen molar-refractivity contribution < 1.29 is 19.0 Å². The fourth-order valence-corrected chi connectivity index (χ4v) is 1.53. The van der Waals surface area contributed by atoms with Crippen LogP contribution >= 0.6 is 0 Å². The third-order valence-electron chi connectivity index (χ3n) is 2.38. The lowest BCUT2D eigenvalue weighted by Crippen LogP contribution is -2.21. The van der Waals surface area contributed by atoms with E-state index >= 15 is 0 Å². The Kier molecular flexibility index (Phi) is 6.65. The highest BCUT2D eigenvalue weighted by molar-refractivity contribution is 5.82. The standard InChI is InChI=1S/C12H21NO4/c1-3-10(9-11(14)15-4-2)13-6-5-12-16-7-8-17-12/h9,12-13H,3-8H2,1-2H3. The first-order valence-electron chi connectivity index (χ1n) is 6.10. The van der Waals surface area contributed by atoms with Gasteiger partial charge in [0.25, 0.3) is 0 Å². The molecule has 0 atom stereocenters. The smallest absolute Gasteiger partial charge is 0.332 e. The van der Waals surface area contributed by atoms with E-state index in [9.17, 15) is 4.79 Å². The molecule has 1 heterocycles. The highest BCUT2D eigenvalue weighted by Crippen LogP contribution is 2.07. The maximum atomic E-state index is 11.2. The molecule has 0 aromatic heterocycles. The third-order valence-corrected chi connectivity index (χ3v) is 2.38. The quantitative estimate of drug-likeness (QED) is 0.538. The molecule has 0 saturated carbocycles. The van der Waals surface area contributed by atoms with E-state index in [0.717, 1.165) is 25.1 Å². The van der Waals surface area contributed by atoms with Gasteiger partial charge in [0.2, 0.25) is 0 Å². The van der Waals surface area contributed by atoms with Gasteiger partial charge in [0, 0.05) is 24.7 Å². The van der Waals surface area contributed by atoms with Crippen LogP contribution in [0.1, 0.15) is 26.7 Å². The van der Waals surface area contributed by atoms with Gasteiger partial charge in [0.05, 0.1) is 19.8 Å². The Labute approximate surface area is 102 Å². The average molecular weight is 243 g/mol. The van der Waals surface area contributed by atoms with E-state index in [1.54, 1.807) is 6.92 Å². The molecule has 1 aliphatic rings. The summed E-state index contributed by atoms with van der Waals surface area (Å²) in [6.45, 7) is 6.24. The minimum Gasteiger partial charge on any atom is -0.463 e. The molecule has 17 heavy (non-hydrogen) atoms. The highest BCUT2D eigenvalue weighted by atomic mass is 16.7. The van der Waals surface area contributed by atoms with Crippen LogP contribution in [0.2, 0.25) is 0 Å². The molecular formula is C12H21NO4. The first kappa shape index (κ1) is 14.0. The summed E-state index contributed by atoms with van der Waals surface area (Å²) in [7, 11) is 0. The number of allylic oxidation sites excluding steroid dienone is 1. The molecule has 0 amide bonds. The molecule has 0 aliphatic carbocycles. The van der Waals surface area contributed by atoms with Crippen molar-refractivity contribution in [1.29, 1.82) is 0 Å². The number of nitrogens with one attached hydrogen (secondary N) is 1. The Morgan fingerprint density at radius 3 is 2.71 bits per heavy atom. The van der Waals surface area contributed by atoms with Crippen molar-refractivity contribution in [2.75, 3.05) is 26.4 Å². The van der Waals surface area contributed by atoms with Crippen LogP contribution in [0, 0.1) is 0 Å². The van der Waals surface area contributed by atoms with Crippen molar-refractivity contribution >= 4 is 5.97 Å². The van der Waals surface area contributed by atoms with E-state index in [0.29, 0.717) is 19.8 Å². The molecule has 0 aromatic rings. The zero-order chi connectivity index (χ0) is 12.5. The number of hydrogen-bond donors (Lipinski definition) is 1. The summed E-state index contributed by atoms with van der Waals surface area (Å²) in [5.41, 5.74) is 0.876. The van der Waals surface area contributed by atoms with Crippen LogP contribution < -0.4 is 5.32 Å². The van der Waals surface area contributed by atoms with Gasteiger partial charge in [0.1, 0.15) is 0 Å². The monoisotopic (exact) mass is 243 g/mol. The molecule has 5 nitrogen and oxygen atoms in total. The number of rotatable bonds is 7. The van der Waals surface area contributed by atoms with Crippen molar-refractivity contribution in [2.24, 2.45) is 0 Å². The van der Waals surface area contributed by atoms with Crippen molar-refractivity contribution in [3.63, 3.8) is 0 Å². The van der Waals surface area contributed by atoms with Gasteiger partial charge in [0.15, 0.2) is 6.29 Å². The number of carbonyl (C=O) groups excluding carboxylic acids is 1. The molecule has 0 unspecified atom stereocenters. The largest absolute Gasteiger partial charge is 0.463 e. The molecule has 1 rings (SSSR count). The second-order valence-electron chi connectivity index (χ2n) is 3.66. The van der Waals surface area contributed by atoms with Crippen LogP contribution in [0.4, 0.5) is 0 Å². The Balaban J connectivity index is 2.23. The van der Waals surface area contributed by atoms with Crippen molar-refractivity contribution in [1.82, 2.24) is 5.32 Å². The lowest BCUT2D eigenvalue weighted by atomic mass is 10.3. The summed E-state index contributed by atoms with van der Waals surface area (Å²) in [4.78, 5) is 11.2. The SMILES string of the molecule is CCOC(=O)C=C(CC)NCCC1OCCO1. The summed E-state index contributed by atoms with van der Waals surface area (Å²) in [5, 5.41) is 3.19. The predicted octanol–water partition coefficient (Wildman–Crippen LogP) is 1.20. The summed E-state index contributed by atoms with van der Waals surface area (Å²) in [6.07, 6.45) is 2.94. The van der Waals surface area contributed by atoms with E-state index in [1.807, 2.05) is 6.92 Å². The van der Waals surface area contributed by atoms with Crippen LogP contribution in [0.3, 0.4) is 0 Å². The van der Waals surface area contributed by atoms with Gasteiger partial charge in [-0.25, -0.2) is 4.79 Å². The number of esters is 1. The van der Waals surface area contributed by atoms with Crippen LogP contribution in [-0.2, 0) is 19.0 Å². The van der Waals surface area contributed by atoms with Gasteiger partial charge in [-0.05, 0) is 13.3 Å². The molecule has 1 saturated heterocycles. The Morgan fingerprint density at radius 1 is 1.41 bits per heavy atom. The lowest BCUT2D eigenvalue weighted by molar-refractivity contribution is -0.137. The summed E-state index contributed by atoms with van der Waals surface area (Å²) in [5.74, 6) is -0.301. The maximum absolute atomic E-state index is 11.2. The van der Waals surface area contributed by atoms with Gasteiger partial charge in [-0.1, -0.05) is 6.92 Å². The van der Waals surface area contributed by atoms with Gasteiger partial charge >= 0.3 is 5.97 Å². The van der Waals surface area contributed by atoms with Gasteiger partial charge in [-0.3, -0.25) is 0 Å². The van der Waals surface area contributed by atoms with E-state index in [-0.39, 0.29) is 12.3 Å². The first-order chi connectivity index (χ1) is 8.26. The summed E-state index contributed by atoms with van der Waals surface area (Å²) in [6, 6.07) is 0. The molecule has 0 spiro atoms. The first-order valence-corrected chi connectivity index (χ1v) is 6.10. The minimum absolute atomic E-state index is 0.108. The topological polar surface area (TPSA) is 56.8 Å². The lowest BCUT2D eigenvalue weighted by Gasteiger charge is -2.12. The van der Waals surface area contributed by atoms with Crippen LogP contribution in [-0.4, -0.2) is 38.6 Å². The van der Waals surface area contributed by atoms with Crippen LogP contribution in [0.15, 0.2) is 11.8 Å². The second kappa shape index (κ2) is 8.08. The third kappa shape index (κ3) is 5.70. The van der Waals surface area contributed by atoms with E-state index in [4.69, 9.17) is 14.2 Å². The minimum atomic E-state index is -0.301. The molecule has 0 aromatic carbocycles. The summed E-state index contributed by atoms with van der Waals surface area (Å²) < 4.78 is 15.5. The predicted molar refractivity (Wildman–Crippen MR) is 63.3 cm³/mol. The molecule has 0 radical (unpaired) electrons. The normalized spacial score (nSPS) is 17.2. The van der Waals surface area contributed by atoms with E-state index in [1.165, 1.54) is 6.08 Å². The number of hydrogen-bond acceptors (Lipinski definition) is 5. The van der Waals surface area contributed by atoms with Gasteiger partial charge in [-0.15, -0.1) is 0 Å². The summed E-state index contributed by atoms with van der Waals surface area (Å²) >= 11 is 0. The average Bonchev–Trinajstić information content (AvgIpc) is 2.81.